The third-order valence-corrected chi connectivity index (χ3v) is 6.08. The van der Waals surface area contributed by atoms with Gasteiger partial charge in [0.2, 0.25) is 0 Å². The fourth-order valence-electron chi connectivity index (χ4n) is 1.72. The molecule has 0 unspecified atom stereocenters. The first kappa shape index (κ1) is 10.4. The fraction of sp³-hybridized carbons (Fsp3) is 0.500. The maximum atomic E-state index is 2.34. The summed E-state index contributed by atoms with van der Waals surface area (Å²) in [6.07, 6.45) is 1.14. The number of hydrogen-bond acceptors (Lipinski definition) is 2. The van der Waals surface area contributed by atoms with E-state index in [1.807, 2.05) is 0 Å². The molecule has 0 amide bonds. The van der Waals surface area contributed by atoms with Crippen LogP contribution in [-0.2, 0) is 10.5 Å². The number of benzene rings is 1. The lowest BCUT2D eigenvalue weighted by molar-refractivity contribution is 1.01. The molecule has 2 rings (SSSR count). The summed E-state index contributed by atoms with van der Waals surface area (Å²) in [7, 11) is 0. The molecule has 0 nitrogen and oxygen atoms in total. The largest absolute Gasteiger partial charge is 0.139 e. The van der Waals surface area contributed by atoms with Gasteiger partial charge in [0.1, 0.15) is 0 Å². The molecule has 1 saturated heterocycles. The lowest BCUT2D eigenvalue weighted by atomic mass is 10.1. The van der Waals surface area contributed by atoms with E-state index < -0.39 is 0 Å². The molecule has 1 aliphatic heterocycles. The lowest BCUT2D eigenvalue weighted by Gasteiger charge is -2.22. The standard InChI is InChI=1S/C12H16S2/c1-3-10-4-6-11(7-5-10)12(2)13-8-9-14-12/h4-7H,3,8-9H2,1-2H3. The lowest BCUT2D eigenvalue weighted by Crippen LogP contribution is -2.08. The van der Waals surface area contributed by atoms with E-state index in [1.54, 1.807) is 0 Å². The third kappa shape index (κ3) is 1.96. The van der Waals surface area contributed by atoms with E-state index in [1.165, 1.54) is 22.6 Å². The van der Waals surface area contributed by atoms with Crippen LogP contribution in [0.2, 0.25) is 0 Å². The summed E-state index contributed by atoms with van der Waals surface area (Å²) < 4.78 is 0.312. The number of aryl methyl sites for hydroxylation is 1. The van der Waals surface area contributed by atoms with Gasteiger partial charge in [-0.05, 0) is 24.5 Å². The van der Waals surface area contributed by atoms with Gasteiger partial charge in [-0.25, -0.2) is 0 Å². The molecule has 0 aliphatic carbocycles. The normalized spacial score (nSPS) is 19.9. The second kappa shape index (κ2) is 4.19. The molecule has 76 valence electrons. The average molecular weight is 224 g/mol. The van der Waals surface area contributed by atoms with Crippen molar-refractivity contribution in [3.63, 3.8) is 0 Å². The number of rotatable bonds is 2. The van der Waals surface area contributed by atoms with Gasteiger partial charge in [0.25, 0.3) is 0 Å². The predicted molar refractivity (Wildman–Crippen MR) is 68.1 cm³/mol. The molecule has 14 heavy (non-hydrogen) atoms. The van der Waals surface area contributed by atoms with Crippen molar-refractivity contribution < 1.29 is 0 Å². The van der Waals surface area contributed by atoms with Crippen LogP contribution < -0.4 is 0 Å². The smallest absolute Gasteiger partial charge is 0.0832 e. The van der Waals surface area contributed by atoms with Crippen LogP contribution in [0, 0.1) is 0 Å². The Morgan fingerprint density at radius 1 is 1.14 bits per heavy atom. The minimum Gasteiger partial charge on any atom is -0.139 e. The van der Waals surface area contributed by atoms with Crippen LogP contribution in [0.25, 0.3) is 0 Å². The highest BCUT2D eigenvalue weighted by Crippen LogP contribution is 2.51. The molecular weight excluding hydrogens is 208 g/mol. The van der Waals surface area contributed by atoms with Crippen molar-refractivity contribution >= 4 is 23.5 Å². The molecule has 0 radical (unpaired) electrons. The van der Waals surface area contributed by atoms with E-state index in [0.717, 1.165) is 6.42 Å². The Hall–Kier alpha value is -0.0800. The zero-order chi connectivity index (χ0) is 10.0. The van der Waals surface area contributed by atoms with Crippen molar-refractivity contribution in [2.75, 3.05) is 11.5 Å². The Balaban J connectivity index is 2.23. The highest BCUT2D eigenvalue weighted by Gasteiger charge is 2.31. The Labute approximate surface area is 94.9 Å². The molecule has 1 aliphatic rings. The van der Waals surface area contributed by atoms with Crippen LogP contribution in [0.4, 0.5) is 0 Å². The second-order valence-corrected chi connectivity index (χ2v) is 6.98. The minimum absolute atomic E-state index is 0.312. The van der Waals surface area contributed by atoms with Crippen LogP contribution in [0.3, 0.4) is 0 Å². The fourth-order valence-corrected chi connectivity index (χ4v) is 4.61. The molecule has 1 aromatic carbocycles. The maximum Gasteiger partial charge on any atom is 0.0832 e. The molecule has 0 spiro atoms. The van der Waals surface area contributed by atoms with E-state index in [0.29, 0.717) is 4.08 Å². The van der Waals surface area contributed by atoms with E-state index in [4.69, 9.17) is 0 Å². The molecule has 0 bridgehead atoms. The number of thioether (sulfide) groups is 2. The van der Waals surface area contributed by atoms with Crippen LogP contribution in [0.15, 0.2) is 24.3 Å². The first-order chi connectivity index (χ1) is 6.74. The summed E-state index contributed by atoms with van der Waals surface area (Å²) in [6.45, 7) is 4.55. The van der Waals surface area contributed by atoms with Crippen molar-refractivity contribution in [1.82, 2.24) is 0 Å². The van der Waals surface area contributed by atoms with Crippen molar-refractivity contribution in [2.45, 2.75) is 24.3 Å². The van der Waals surface area contributed by atoms with Crippen molar-refractivity contribution in [2.24, 2.45) is 0 Å². The topological polar surface area (TPSA) is 0 Å². The number of hydrogen-bond donors (Lipinski definition) is 0. The highest BCUT2D eigenvalue weighted by molar-refractivity contribution is 8.20. The summed E-state index contributed by atoms with van der Waals surface area (Å²) in [4.78, 5) is 0. The molecule has 2 heteroatoms. The summed E-state index contributed by atoms with van der Waals surface area (Å²) in [5, 5.41) is 0. The Morgan fingerprint density at radius 3 is 2.21 bits per heavy atom. The van der Waals surface area contributed by atoms with E-state index in [2.05, 4.69) is 61.6 Å². The van der Waals surface area contributed by atoms with Gasteiger partial charge in [-0.1, -0.05) is 31.2 Å². The van der Waals surface area contributed by atoms with Crippen LogP contribution >= 0.6 is 23.5 Å². The first-order valence-corrected chi connectivity index (χ1v) is 7.09. The molecule has 0 N–H and O–H groups in total. The SMILES string of the molecule is CCc1ccc(C2(C)SCCS2)cc1. The van der Waals surface area contributed by atoms with Gasteiger partial charge in [-0.15, -0.1) is 23.5 Å². The van der Waals surface area contributed by atoms with Gasteiger partial charge < -0.3 is 0 Å². The predicted octanol–water partition coefficient (Wildman–Crippen LogP) is 3.90. The van der Waals surface area contributed by atoms with Gasteiger partial charge >= 0.3 is 0 Å². The van der Waals surface area contributed by atoms with Gasteiger partial charge in [-0.2, -0.15) is 0 Å². The van der Waals surface area contributed by atoms with E-state index >= 15 is 0 Å². The van der Waals surface area contributed by atoms with Gasteiger partial charge in [0.15, 0.2) is 0 Å². The van der Waals surface area contributed by atoms with Crippen LogP contribution in [-0.4, -0.2) is 11.5 Å². The van der Waals surface area contributed by atoms with Crippen molar-refractivity contribution in [3.05, 3.63) is 35.4 Å². The third-order valence-electron chi connectivity index (χ3n) is 2.72. The summed E-state index contributed by atoms with van der Waals surface area (Å²) >= 11 is 4.15. The molecule has 1 aromatic rings. The van der Waals surface area contributed by atoms with Gasteiger partial charge in [-0.3, -0.25) is 0 Å². The minimum atomic E-state index is 0.312. The quantitative estimate of drug-likeness (QED) is 0.747. The Bertz CT molecular complexity index is 297. The summed E-state index contributed by atoms with van der Waals surface area (Å²) in [5.74, 6) is 2.58. The monoisotopic (exact) mass is 224 g/mol. The first-order valence-electron chi connectivity index (χ1n) is 5.12. The van der Waals surface area contributed by atoms with Crippen LogP contribution in [0.1, 0.15) is 25.0 Å². The zero-order valence-corrected chi connectivity index (χ0v) is 10.4. The van der Waals surface area contributed by atoms with Crippen LogP contribution in [0.5, 0.6) is 0 Å². The highest BCUT2D eigenvalue weighted by atomic mass is 32.2. The molecule has 1 heterocycles. The molecule has 0 aromatic heterocycles. The second-order valence-electron chi connectivity index (χ2n) is 3.69. The average Bonchev–Trinajstić information content (AvgIpc) is 2.67. The van der Waals surface area contributed by atoms with E-state index in [-0.39, 0.29) is 0 Å². The van der Waals surface area contributed by atoms with Crippen molar-refractivity contribution in [1.29, 1.82) is 0 Å². The Kier molecular flexibility index (Phi) is 3.13. The zero-order valence-electron chi connectivity index (χ0n) is 8.75. The maximum absolute atomic E-state index is 2.34. The molecular formula is C12H16S2. The summed E-state index contributed by atoms with van der Waals surface area (Å²) in [6, 6.07) is 9.12. The molecule has 1 fully saturated rings. The van der Waals surface area contributed by atoms with Gasteiger partial charge in [0.05, 0.1) is 4.08 Å². The van der Waals surface area contributed by atoms with E-state index in [9.17, 15) is 0 Å². The summed E-state index contributed by atoms with van der Waals surface area (Å²) in [5.41, 5.74) is 2.91. The van der Waals surface area contributed by atoms with Gasteiger partial charge in [0, 0.05) is 11.5 Å². The molecule has 0 atom stereocenters. The molecule has 0 saturated carbocycles. The Morgan fingerprint density at radius 2 is 1.71 bits per heavy atom. The van der Waals surface area contributed by atoms with Crippen molar-refractivity contribution in [3.8, 4) is 0 Å².